The van der Waals surface area contributed by atoms with Gasteiger partial charge in [0.2, 0.25) is 5.91 Å². The SMILES string of the molecule is CC(C)(C)C1=CC=C(N2CC3CN(CCCC(=O)N4CC[C@@H](N(N)c5ccc([N+](=O)[O-])c(C(F)(F)F)c5)C4)CC3C2)CC1. The minimum Gasteiger partial charge on any atom is -0.374 e. The van der Waals surface area contributed by atoms with E-state index in [1.165, 1.54) is 22.3 Å². The standard InChI is InChI=1S/C31H43F3N6O3/c1-30(2,3)23-6-8-24(9-7-23)38-18-21-16-36(17-22(21)19-38)13-4-5-29(41)37-14-12-26(20-37)39(35)25-10-11-28(40(42)43)27(15-25)31(32,33)34/h6,8,10-11,15,21-22,26H,4-5,7,9,12-14,16-20,35H2,1-3H3/t21?,22?,26-/m1/s1. The molecule has 2 N–H and O–H groups in total. The van der Waals surface area contributed by atoms with E-state index in [2.05, 4.69) is 42.7 Å². The first kappa shape index (κ1) is 31.3. The summed E-state index contributed by atoms with van der Waals surface area (Å²) in [5.41, 5.74) is 0.889. The van der Waals surface area contributed by atoms with Crippen LogP contribution in [0.5, 0.6) is 0 Å². The van der Waals surface area contributed by atoms with Crippen LogP contribution in [0.25, 0.3) is 0 Å². The van der Waals surface area contributed by atoms with E-state index in [0.717, 1.165) is 58.1 Å². The number of carbonyl (C=O) groups is 1. The summed E-state index contributed by atoms with van der Waals surface area (Å²) in [5.74, 6) is 7.50. The van der Waals surface area contributed by atoms with E-state index in [1.807, 2.05) is 0 Å². The minimum absolute atomic E-state index is 0.0214. The van der Waals surface area contributed by atoms with Gasteiger partial charge in [-0.15, -0.1) is 0 Å². The molecule has 5 rings (SSSR count). The number of amides is 1. The monoisotopic (exact) mass is 604 g/mol. The Hall–Kier alpha value is -3.12. The van der Waals surface area contributed by atoms with Gasteiger partial charge in [0.1, 0.15) is 5.56 Å². The molecule has 9 nitrogen and oxygen atoms in total. The van der Waals surface area contributed by atoms with Crippen molar-refractivity contribution in [3.63, 3.8) is 0 Å². The lowest BCUT2D eigenvalue weighted by atomic mass is 9.81. The zero-order valence-corrected chi connectivity index (χ0v) is 25.3. The van der Waals surface area contributed by atoms with Crippen LogP contribution in [0.4, 0.5) is 24.5 Å². The highest BCUT2D eigenvalue weighted by Crippen LogP contribution is 2.40. The molecule has 236 valence electrons. The Labute approximate surface area is 251 Å². The lowest BCUT2D eigenvalue weighted by molar-refractivity contribution is -0.388. The number of nitrogens with two attached hydrogens (primary N) is 1. The molecule has 0 aromatic heterocycles. The predicted octanol–water partition coefficient (Wildman–Crippen LogP) is 5.19. The number of rotatable bonds is 8. The molecule has 2 unspecified atom stereocenters. The van der Waals surface area contributed by atoms with E-state index in [-0.39, 0.29) is 23.1 Å². The van der Waals surface area contributed by atoms with Gasteiger partial charge in [0, 0.05) is 57.5 Å². The summed E-state index contributed by atoms with van der Waals surface area (Å²) >= 11 is 0. The molecule has 3 aliphatic heterocycles. The molecule has 0 radical (unpaired) electrons. The van der Waals surface area contributed by atoms with Gasteiger partial charge in [-0.2, -0.15) is 13.2 Å². The molecule has 12 heteroatoms. The number of nitro groups is 1. The summed E-state index contributed by atoms with van der Waals surface area (Å²) in [7, 11) is 0. The molecule has 1 amide bonds. The molecule has 43 heavy (non-hydrogen) atoms. The van der Waals surface area contributed by atoms with Crippen molar-refractivity contribution in [3.8, 4) is 0 Å². The van der Waals surface area contributed by atoms with E-state index in [0.29, 0.717) is 43.8 Å². The Balaban J connectivity index is 1.05. The number of halogens is 3. The van der Waals surface area contributed by atoms with Crippen molar-refractivity contribution in [3.05, 3.63) is 57.3 Å². The number of hydrazine groups is 1. The van der Waals surface area contributed by atoms with Crippen LogP contribution in [0.1, 0.15) is 58.4 Å². The van der Waals surface area contributed by atoms with Crippen LogP contribution < -0.4 is 10.9 Å². The number of allylic oxidation sites excluding steroid dienone is 4. The Morgan fingerprint density at radius 3 is 2.35 bits per heavy atom. The average molecular weight is 605 g/mol. The lowest BCUT2D eigenvalue weighted by Gasteiger charge is -2.30. The second kappa shape index (κ2) is 12.1. The highest BCUT2D eigenvalue weighted by Gasteiger charge is 2.41. The summed E-state index contributed by atoms with van der Waals surface area (Å²) in [6.07, 6.45) is 3.71. The average Bonchev–Trinajstić information content (AvgIpc) is 3.67. The fourth-order valence-electron chi connectivity index (χ4n) is 7.11. The van der Waals surface area contributed by atoms with Crippen molar-refractivity contribution in [2.24, 2.45) is 23.1 Å². The van der Waals surface area contributed by atoms with Gasteiger partial charge in [-0.05, 0) is 67.7 Å². The van der Waals surface area contributed by atoms with Crippen LogP contribution in [0.15, 0.2) is 41.6 Å². The Bertz CT molecular complexity index is 1280. The third kappa shape index (κ3) is 7.01. The largest absolute Gasteiger partial charge is 0.423 e. The number of likely N-dealkylation sites (tertiary alicyclic amines) is 3. The van der Waals surface area contributed by atoms with Gasteiger partial charge in [0.25, 0.3) is 5.69 Å². The van der Waals surface area contributed by atoms with Crippen LogP contribution in [-0.2, 0) is 11.0 Å². The maximum atomic E-state index is 13.4. The molecular formula is C31H43F3N6O3. The van der Waals surface area contributed by atoms with Crippen molar-refractivity contribution < 1.29 is 22.9 Å². The Morgan fingerprint density at radius 1 is 1.07 bits per heavy atom. The molecule has 3 fully saturated rings. The summed E-state index contributed by atoms with van der Waals surface area (Å²) in [6, 6.07) is 2.38. The molecule has 1 aliphatic carbocycles. The van der Waals surface area contributed by atoms with Crippen molar-refractivity contribution in [2.45, 2.75) is 65.1 Å². The zero-order valence-electron chi connectivity index (χ0n) is 25.3. The first-order chi connectivity index (χ1) is 20.2. The topological polar surface area (TPSA) is 99.2 Å². The summed E-state index contributed by atoms with van der Waals surface area (Å²) in [6.45, 7) is 12.8. The highest BCUT2D eigenvalue weighted by atomic mass is 19.4. The van der Waals surface area contributed by atoms with Gasteiger partial charge in [0.05, 0.1) is 16.7 Å². The van der Waals surface area contributed by atoms with Crippen LogP contribution in [-0.4, -0.2) is 77.4 Å². The van der Waals surface area contributed by atoms with Gasteiger partial charge >= 0.3 is 6.18 Å². The molecule has 0 bridgehead atoms. The van der Waals surface area contributed by atoms with E-state index in [9.17, 15) is 28.1 Å². The minimum atomic E-state index is -4.88. The van der Waals surface area contributed by atoms with Crippen molar-refractivity contribution >= 4 is 17.3 Å². The quantitative estimate of drug-likeness (QED) is 0.248. The van der Waals surface area contributed by atoms with Gasteiger partial charge in [0.15, 0.2) is 0 Å². The number of fused-ring (bicyclic) bond motifs is 1. The number of benzene rings is 1. The maximum absolute atomic E-state index is 13.4. The molecular weight excluding hydrogens is 561 g/mol. The summed E-state index contributed by atoms with van der Waals surface area (Å²) in [4.78, 5) is 29.7. The van der Waals surface area contributed by atoms with Gasteiger partial charge in [-0.3, -0.25) is 14.9 Å². The third-order valence-electron chi connectivity index (χ3n) is 9.61. The van der Waals surface area contributed by atoms with E-state index >= 15 is 0 Å². The molecule has 3 heterocycles. The number of nitro benzene ring substituents is 1. The molecule has 3 atom stereocenters. The number of hydrogen-bond donors (Lipinski definition) is 1. The Morgan fingerprint density at radius 2 is 1.77 bits per heavy atom. The van der Waals surface area contributed by atoms with Crippen LogP contribution in [0, 0.1) is 27.4 Å². The fraction of sp³-hybridized carbons (Fsp3) is 0.645. The van der Waals surface area contributed by atoms with Crippen LogP contribution in [0.2, 0.25) is 0 Å². The molecule has 1 aromatic rings. The van der Waals surface area contributed by atoms with Gasteiger partial charge in [-0.1, -0.05) is 32.4 Å². The van der Waals surface area contributed by atoms with Gasteiger partial charge < -0.3 is 19.7 Å². The second-order valence-corrected chi connectivity index (χ2v) is 13.5. The highest BCUT2D eigenvalue weighted by molar-refractivity contribution is 5.76. The smallest absolute Gasteiger partial charge is 0.374 e. The molecule has 1 aromatic carbocycles. The lowest BCUT2D eigenvalue weighted by Crippen LogP contribution is -2.43. The molecule has 4 aliphatic rings. The van der Waals surface area contributed by atoms with E-state index in [4.69, 9.17) is 5.84 Å². The third-order valence-corrected chi connectivity index (χ3v) is 9.61. The second-order valence-electron chi connectivity index (χ2n) is 13.5. The maximum Gasteiger partial charge on any atom is 0.423 e. The predicted molar refractivity (Wildman–Crippen MR) is 159 cm³/mol. The van der Waals surface area contributed by atoms with Crippen LogP contribution in [0.3, 0.4) is 0 Å². The van der Waals surface area contributed by atoms with Gasteiger partial charge in [-0.25, -0.2) is 5.84 Å². The normalized spacial score (nSPS) is 24.7. The molecule has 3 saturated heterocycles. The summed E-state index contributed by atoms with van der Waals surface area (Å²) < 4.78 is 40.2. The van der Waals surface area contributed by atoms with Crippen LogP contribution >= 0.6 is 0 Å². The van der Waals surface area contributed by atoms with Crippen molar-refractivity contribution in [2.75, 3.05) is 50.8 Å². The van der Waals surface area contributed by atoms with E-state index in [1.54, 1.807) is 4.90 Å². The molecule has 0 saturated carbocycles. The number of anilines is 1. The number of alkyl halides is 3. The Kier molecular flexibility index (Phi) is 8.82. The summed E-state index contributed by atoms with van der Waals surface area (Å²) in [5, 5.41) is 12.3. The first-order valence-electron chi connectivity index (χ1n) is 15.3. The number of carbonyl (C=O) groups excluding carboxylic acids is 1. The van der Waals surface area contributed by atoms with Crippen molar-refractivity contribution in [1.82, 2.24) is 14.7 Å². The molecule has 0 spiro atoms. The van der Waals surface area contributed by atoms with E-state index < -0.39 is 22.4 Å². The first-order valence-corrected chi connectivity index (χ1v) is 15.3. The zero-order chi connectivity index (χ0) is 31.1. The number of nitrogens with zero attached hydrogens (tertiary/aromatic N) is 5. The number of hydrogen-bond acceptors (Lipinski definition) is 7. The fourth-order valence-corrected chi connectivity index (χ4v) is 7.11. The van der Waals surface area contributed by atoms with Crippen molar-refractivity contribution in [1.29, 1.82) is 0 Å².